The van der Waals surface area contributed by atoms with E-state index in [1.54, 1.807) is 0 Å². The Kier molecular flexibility index (Phi) is 2.44. The SMILES string of the molecule is Cc1cccc(Cc2nc3ncnc(N)c3[nH]2)c1. The van der Waals surface area contributed by atoms with Crippen LogP contribution in [0.1, 0.15) is 17.0 Å². The third-order valence-corrected chi connectivity index (χ3v) is 2.82. The molecule has 3 rings (SSSR count). The predicted molar refractivity (Wildman–Crippen MR) is 70.1 cm³/mol. The minimum absolute atomic E-state index is 0.433. The van der Waals surface area contributed by atoms with Crippen LogP contribution in [-0.4, -0.2) is 19.9 Å². The maximum Gasteiger partial charge on any atom is 0.183 e. The Morgan fingerprint density at radius 1 is 1.28 bits per heavy atom. The van der Waals surface area contributed by atoms with Gasteiger partial charge < -0.3 is 10.7 Å². The van der Waals surface area contributed by atoms with Gasteiger partial charge in [-0.15, -0.1) is 0 Å². The quantitative estimate of drug-likeness (QED) is 0.715. The second-order valence-electron chi connectivity index (χ2n) is 4.31. The molecule has 0 fully saturated rings. The molecule has 18 heavy (non-hydrogen) atoms. The molecular formula is C13H13N5. The molecule has 0 saturated heterocycles. The number of nitrogens with zero attached hydrogens (tertiary/aromatic N) is 3. The summed E-state index contributed by atoms with van der Waals surface area (Å²) in [4.78, 5) is 15.6. The summed E-state index contributed by atoms with van der Waals surface area (Å²) >= 11 is 0. The topological polar surface area (TPSA) is 80.5 Å². The van der Waals surface area contributed by atoms with E-state index in [1.165, 1.54) is 17.5 Å². The largest absolute Gasteiger partial charge is 0.382 e. The number of rotatable bonds is 2. The maximum absolute atomic E-state index is 5.76. The molecule has 0 amide bonds. The van der Waals surface area contributed by atoms with E-state index in [0.29, 0.717) is 17.0 Å². The Hall–Kier alpha value is -2.43. The molecule has 0 spiro atoms. The lowest BCUT2D eigenvalue weighted by atomic mass is 10.1. The predicted octanol–water partition coefficient (Wildman–Crippen LogP) is 1.83. The highest BCUT2D eigenvalue weighted by molar-refractivity contribution is 5.81. The number of anilines is 1. The van der Waals surface area contributed by atoms with Gasteiger partial charge in [-0.05, 0) is 12.5 Å². The Morgan fingerprint density at radius 3 is 2.94 bits per heavy atom. The summed E-state index contributed by atoms with van der Waals surface area (Å²) < 4.78 is 0. The number of nitrogens with two attached hydrogens (primary N) is 1. The van der Waals surface area contributed by atoms with E-state index in [1.807, 2.05) is 6.07 Å². The van der Waals surface area contributed by atoms with Crippen molar-refractivity contribution >= 4 is 17.0 Å². The third-order valence-electron chi connectivity index (χ3n) is 2.82. The highest BCUT2D eigenvalue weighted by Crippen LogP contribution is 2.15. The molecule has 5 nitrogen and oxygen atoms in total. The number of aromatic nitrogens is 4. The number of hydrogen-bond acceptors (Lipinski definition) is 4. The second-order valence-corrected chi connectivity index (χ2v) is 4.31. The van der Waals surface area contributed by atoms with Gasteiger partial charge in [0.15, 0.2) is 11.5 Å². The first-order valence-electron chi connectivity index (χ1n) is 5.73. The first-order valence-corrected chi connectivity index (χ1v) is 5.73. The van der Waals surface area contributed by atoms with Crippen LogP contribution in [0.15, 0.2) is 30.6 Å². The number of aromatic amines is 1. The molecule has 0 unspecified atom stereocenters. The highest BCUT2D eigenvalue weighted by atomic mass is 15.0. The van der Waals surface area contributed by atoms with Gasteiger partial charge in [-0.1, -0.05) is 29.8 Å². The fourth-order valence-electron chi connectivity index (χ4n) is 1.99. The first-order chi connectivity index (χ1) is 8.72. The van der Waals surface area contributed by atoms with E-state index in [2.05, 4.69) is 45.1 Å². The second kappa shape index (κ2) is 4.10. The summed E-state index contributed by atoms with van der Waals surface area (Å²) in [5, 5.41) is 0. The maximum atomic E-state index is 5.76. The highest BCUT2D eigenvalue weighted by Gasteiger charge is 2.07. The summed E-state index contributed by atoms with van der Waals surface area (Å²) in [6.07, 6.45) is 2.16. The van der Waals surface area contributed by atoms with Gasteiger partial charge in [0.1, 0.15) is 17.7 Å². The van der Waals surface area contributed by atoms with Crippen LogP contribution in [-0.2, 0) is 6.42 Å². The fourth-order valence-corrected chi connectivity index (χ4v) is 1.99. The number of benzene rings is 1. The van der Waals surface area contributed by atoms with Crippen LogP contribution < -0.4 is 5.73 Å². The Balaban J connectivity index is 1.98. The molecule has 3 aromatic rings. The van der Waals surface area contributed by atoms with Gasteiger partial charge in [0.25, 0.3) is 0 Å². The molecule has 5 heteroatoms. The third kappa shape index (κ3) is 1.90. The molecule has 2 heterocycles. The summed E-state index contributed by atoms with van der Waals surface area (Å²) in [6.45, 7) is 2.07. The van der Waals surface area contributed by atoms with Crippen molar-refractivity contribution in [3.05, 3.63) is 47.5 Å². The monoisotopic (exact) mass is 239 g/mol. The van der Waals surface area contributed by atoms with Gasteiger partial charge in [-0.3, -0.25) is 0 Å². The lowest BCUT2D eigenvalue weighted by molar-refractivity contribution is 1.03. The van der Waals surface area contributed by atoms with Gasteiger partial charge in [0.05, 0.1) is 0 Å². The molecule has 0 aliphatic carbocycles. The van der Waals surface area contributed by atoms with Gasteiger partial charge >= 0.3 is 0 Å². The van der Waals surface area contributed by atoms with Gasteiger partial charge in [-0.2, -0.15) is 0 Å². The van der Waals surface area contributed by atoms with Crippen molar-refractivity contribution in [1.29, 1.82) is 0 Å². The summed E-state index contributed by atoms with van der Waals surface area (Å²) in [5.41, 5.74) is 9.54. The van der Waals surface area contributed by atoms with E-state index >= 15 is 0 Å². The summed E-state index contributed by atoms with van der Waals surface area (Å²) in [7, 11) is 0. The number of aryl methyl sites for hydroxylation is 1. The van der Waals surface area contributed by atoms with Crippen LogP contribution in [0.2, 0.25) is 0 Å². The molecule has 0 saturated carbocycles. The molecule has 0 aliphatic rings. The van der Waals surface area contributed by atoms with E-state index in [4.69, 9.17) is 5.73 Å². The molecule has 2 aromatic heterocycles. The van der Waals surface area contributed by atoms with Crippen LogP contribution in [0.4, 0.5) is 5.82 Å². The lowest BCUT2D eigenvalue weighted by Gasteiger charge is -1.99. The van der Waals surface area contributed by atoms with Gasteiger partial charge in [0.2, 0.25) is 0 Å². The molecular weight excluding hydrogens is 226 g/mol. The van der Waals surface area contributed by atoms with E-state index in [0.717, 1.165) is 12.2 Å². The van der Waals surface area contributed by atoms with Crippen molar-refractivity contribution < 1.29 is 0 Å². The smallest absolute Gasteiger partial charge is 0.183 e. The fraction of sp³-hybridized carbons (Fsp3) is 0.154. The average Bonchev–Trinajstić information content (AvgIpc) is 2.73. The zero-order valence-corrected chi connectivity index (χ0v) is 10.0. The van der Waals surface area contributed by atoms with Gasteiger partial charge in [0, 0.05) is 6.42 Å². The van der Waals surface area contributed by atoms with Crippen molar-refractivity contribution in [2.45, 2.75) is 13.3 Å². The molecule has 0 atom stereocenters. The Labute approximate surface area is 104 Å². The van der Waals surface area contributed by atoms with Crippen molar-refractivity contribution in [1.82, 2.24) is 19.9 Å². The molecule has 1 aromatic carbocycles. The zero-order chi connectivity index (χ0) is 12.5. The first kappa shape index (κ1) is 10.7. The number of H-pyrrole nitrogens is 1. The zero-order valence-electron chi connectivity index (χ0n) is 10.0. The molecule has 3 N–H and O–H groups in total. The molecule has 0 aliphatic heterocycles. The van der Waals surface area contributed by atoms with Crippen LogP contribution in [0.3, 0.4) is 0 Å². The van der Waals surface area contributed by atoms with Crippen LogP contribution in [0, 0.1) is 6.92 Å². The summed E-state index contributed by atoms with van der Waals surface area (Å²) in [5.74, 6) is 1.28. The molecule has 0 bridgehead atoms. The Morgan fingerprint density at radius 2 is 2.17 bits per heavy atom. The standard InChI is InChI=1S/C13H13N5/c1-8-3-2-4-9(5-8)6-10-17-11-12(14)15-7-16-13(11)18-10/h2-5,7H,6H2,1H3,(H3,14,15,16,17,18). The lowest BCUT2D eigenvalue weighted by Crippen LogP contribution is -1.92. The van der Waals surface area contributed by atoms with Crippen molar-refractivity contribution in [3.8, 4) is 0 Å². The average molecular weight is 239 g/mol. The number of hydrogen-bond donors (Lipinski definition) is 2. The van der Waals surface area contributed by atoms with Crippen molar-refractivity contribution in [3.63, 3.8) is 0 Å². The van der Waals surface area contributed by atoms with Crippen LogP contribution >= 0.6 is 0 Å². The van der Waals surface area contributed by atoms with Crippen molar-refractivity contribution in [2.75, 3.05) is 5.73 Å². The van der Waals surface area contributed by atoms with Crippen LogP contribution in [0.5, 0.6) is 0 Å². The minimum Gasteiger partial charge on any atom is -0.382 e. The van der Waals surface area contributed by atoms with Gasteiger partial charge in [-0.25, -0.2) is 15.0 Å². The molecule has 0 radical (unpaired) electrons. The Bertz CT molecular complexity index is 701. The number of nitrogens with one attached hydrogen (secondary N) is 1. The number of imidazole rings is 1. The molecule has 90 valence electrons. The number of nitrogen functional groups attached to an aromatic ring is 1. The van der Waals surface area contributed by atoms with E-state index in [9.17, 15) is 0 Å². The normalized spacial score (nSPS) is 10.9. The van der Waals surface area contributed by atoms with E-state index in [-0.39, 0.29) is 0 Å². The van der Waals surface area contributed by atoms with Crippen molar-refractivity contribution in [2.24, 2.45) is 0 Å². The van der Waals surface area contributed by atoms with E-state index < -0.39 is 0 Å². The summed E-state index contributed by atoms with van der Waals surface area (Å²) in [6, 6.07) is 8.34. The number of fused-ring (bicyclic) bond motifs is 1. The van der Waals surface area contributed by atoms with Crippen LogP contribution in [0.25, 0.3) is 11.2 Å². The minimum atomic E-state index is 0.433.